The molecule has 4 nitrogen and oxygen atoms in total. The molecule has 0 bridgehead atoms. The zero-order chi connectivity index (χ0) is 15.5. The molecule has 0 amide bonds. The molecule has 116 valence electrons. The monoisotopic (exact) mass is 302 g/mol. The van der Waals surface area contributed by atoms with Gasteiger partial charge in [-0.3, -0.25) is 4.79 Å². The lowest BCUT2D eigenvalue weighted by Crippen LogP contribution is -2.24. The summed E-state index contributed by atoms with van der Waals surface area (Å²) in [6, 6.07) is 0. The summed E-state index contributed by atoms with van der Waals surface area (Å²) in [5.74, 6) is 1.12. The highest BCUT2D eigenvalue weighted by molar-refractivity contribution is 7.99. The van der Waals surface area contributed by atoms with Crippen LogP contribution in [0.1, 0.15) is 34.1 Å². The molecule has 0 aliphatic carbocycles. The van der Waals surface area contributed by atoms with Crippen LogP contribution in [0, 0.1) is 11.8 Å². The fourth-order valence-corrected chi connectivity index (χ4v) is 2.03. The van der Waals surface area contributed by atoms with Crippen molar-refractivity contribution in [3.63, 3.8) is 0 Å². The van der Waals surface area contributed by atoms with E-state index in [9.17, 15) is 9.59 Å². The van der Waals surface area contributed by atoms with E-state index in [2.05, 4.69) is 13.5 Å². The van der Waals surface area contributed by atoms with Gasteiger partial charge in [0.1, 0.15) is 0 Å². The van der Waals surface area contributed by atoms with E-state index in [1.54, 1.807) is 18.7 Å². The van der Waals surface area contributed by atoms with E-state index in [-0.39, 0.29) is 24.4 Å². The van der Waals surface area contributed by atoms with Crippen molar-refractivity contribution in [2.45, 2.75) is 34.1 Å². The molecule has 5 heteroatoms. The Balaban J connectivity index is 4.02. The first-order valence-corrected chi connectivity index (χ1v) is 8.14. The van der Waals surface area contributed by atoms with Crippen molar-refractivity contribution >= 4 is 23.7 Å². The van der Waals surface area contributed by atoms with Crippen LogP contribution < -0.4 is 0 Å². The molecule has 0 N–H and O–H groups in total. The van der Waals surface area contributed by atoms with E-state index in [0.29, 0.717) is 12.2 Å². The second-order valence-corrected chi connectivity index (χ2v) is 6.16. The summed E-state index contributed by atoms with van der Waals surface area (Å²) in [4.78, 5) is 23.1. The second-order valence-electron chi connectivity index (χ2n) is 4.84. The molecular weight excluding hydrogens is 276 g/mol. The Morgan fingerprint density at radius 2 is 1.80 bits per heavy atom. The molecule has 0 fully saturated rings. The number of ether oxygens (including phenoxy) is 2. The molecule has 2 unspecified atom stereocenters. The number of thioether (sulfide) groups is 1. The number of hydrogen-bond acceptors (Lipinski definition) is 5. The van der Waals surface area contributed by atoms with Crippen molar-refractivity contribution in [1.29, 1.82) is 0 Å². The maximum absolute atomic E-state index is 11.8. The van der Waals surface area contributed by atoms with Crippen LogP contribution in [0.3, 0.4) is 0 Å². The van der Waals surface area contributed by atoms with Crippen molar-refractivity contribution in [1.82, 2.24) is 0 Å². The van der Waals surface area contributed by atoms with E-state index in [4.69, 9.17) is 9.47 Å². The summed E-state index contributed by atoms with van der Waals surface area (Å²) < 4.78 is 10.4. The van der Waals surface area contributed by atoms with Crippen molar-refractivity contribution in [2.24, 2.45) is 11.8 Å². The van der Waals surface area contributed by atoms with Crippen molar-refractivity contribution in [3.05, 3.63) is 12.2 Å². The zero-order valence-electron chi connectivity index (χ0n) is 12.9. The van der Waals surface area contributed by atoms with E-state index in [1.807, 2.05) is 13.8 Å². The van der Waals surface area contributed by atoms with Gasteiger partial charge < -0.3 is 9.47 Å². The Hall–Kier alpha value is -0.970. The molecule has 0 radical (unpaired) electrons. The number of rotatable bonds is 10. The highest BCUT2D eigenvalue weighted by atomic mass is 32.2. The Labute approximate surface area is 126 Å². The zero-order valence-corrected chi connectivity index (χ0v) is 13.8. The maximum atomic E-state index is 11.8. The number of carbonyl (C=O) groups is 2. The van der Waals surface area contributed by atoms with Gasteiger partial charge in [-0.2, -0.15) is 11.8 Å². The molecule has 0 aromatic heterocycles. The highest BCUT2D eigenvalue weighted by Crippen LogP contribution is 2.11. The van der Waals surface area contributed by atoms with Gasteiger partial charge in [0, 0.05) is 17.2 Å². The smallest absolute Gasteiger partial charge is 0.333 e. The van der Waals surface area contributed by atoms with Gasteiger partial charge in [0.15, 0.2) is 0 Å². The average molecular weight is 302 g/mol. The summed E-state index contributed by atoms with van der Waals surface area (Å²) in [7, 11) is 0. The Morgan fingerprint density at radius 1 is 1.20 bits per heavy atom. The first-order chi connectivity index (χ1) is 9.42. The van der Waals surface area contributed by atoms with Gasteiger partial charge in [0.05, 0.1) is 19.1 Å². The molecule has 0 aromatic carbocycles. The molecule has 20 heavy (non-hydrogen) atoms. The molecule has 0 saturated heterocycles. The van der Waals surface area contributed by atoms with Gasteiger partial charge in [-0.1, -0.05) is 27.4 Å². The van der Waals surface area contributed by atoms with E-state index >= 15 is 0 Å². The fraction of sp³-hybridized carbons (Fsp3) is 0.733. The lowest BCUT2D eigenvalue weighted by atomic mass is 10.1. The molecular formula is C15H26O4S. The lowest BCUT2D eigenvalue weighted by molar-refractivity contribution is -0.150. The summed E-state index contributed by atoms with van der Waals surface area (Å²) in [6.07, 6.45) is 0.787. The van der Waals surface area contributed by atoms with Gasteiger partial charge in [-0.15, -0.1) is 0 Å². The van der Waals surface area contributed by atoms with Gasteiger partial charge >= 0.3 is 11.9 Å². The standard InChI is InChI=1S/C15H26O4S/c1-6-13(8-18-14(16)11(3)4)9-19-15(17)12(5)10-20-7-2/h12-13H,3,6-10H2,1-2,4-5H3. The summed E-state index contributed by atoms with van der Waals surface area (Å²) in [5.41, 5.74) is 0.377. The third-order valence-electron chi connectivity index (χ3n) is 2.81. The minimum absolute atomic E-state index is 0.0354. The van der Waals surface area contributed by atoms with E-state index < -0.39 is 5.97 Å². The molecule has 0 aliphatic rings. The Morgan fingerprint density at radius 3 is 2.30 bits per heavy atom. The van der Waals surface area contributed by atoms with Crippen LogP contribution in [-0.2, 0) is 19.1 Å². The first-order valence-electron chi connectivity index (χ1n) is 6.99. The number of esters is 2. The Kier molecular flexibility index (Phi) is 10.3. The number of carbonyl (C=O) groups excluding carboxylic acids is 2. The van der Waals surface area contributed by atoms with Gasteiger partial charge in [-0.05, 0) is 19.1 Å². The Bertz CT molecular complexity index is 328. The molecule has 0 heterocycles. The van der Waals surface area contributed by atoms with Crippen molar-refractivity contribution in [2.75, 3.05) is 24.7 Å². The minimum atomic E-state index is -0.400. The SMILES string of the molecule is C=C(C)C(=O)OCC(CC)COC(=O)C(C)CSCC. The third-order valence-corrected chi connectivity index (χ3v) is 3.96. The lowest BCUT2D eigenvalue weighted by Gasteiger charge is -2.17. The van der Waals surface area contributed by atoms with Crippen LogP contribution in [0.4, 0.5) is 0 Å². The van der Waals surface area contributed by atoms with E-state index in [1.165, 1.54) is 0 Å². The van der Waals surface area contributed by atoms with Gasteiger partial charge in [-0.25, -0.2) is 4.79 Å². The van der Waals surface area contributed by atoms with Crippen LogP contribution in [0.2, 0.25) is 0 Å². The van der Waals surface area contributed by atoms with Crippen molar-refractivity contribution < 1.29 is 19.1 Å². The first kappa shape index (κ1) is 19.0. The summed E-state index contributed by atoms with van der Waals surface area (Å²) in [6.45, 7) is 11.6. The minimum Gasteiger partial charge on any atom is -0.465 e. The maximum Gasteiger partial charge on any atom is 0.333 e. The van der Waals surface area contributed by atoms with Crippen LogP contribution in [0.25, 0.3) is 0 Å². The normalized spacial score (nSPS) is 13.4. The molecule has 0 spiro atoms. The van der Waals surface area contributed by atoms with Crippen LogP contribution in [0.5, 0.6) is 0 Å². The molecule has 0 saturated carbocycles. The largest absolute Gasteiger partial charge is 0.465 e. The molecule has 0 rings (SSSR count). The quantitative estimate of drug-likeness (QED) is 0.458. The molecule has 2 atom stereocenters. The molecule has 0 aromatic rings. The molecule has 0 aliphatic heterocycles. The van der Waals surface area contributed by atoms with Crippen LogP contribution in [-0.4, -0.2) is 36.7 Å². The third kappa shape index (κ3) is 8.25. The van der Waals surface area contributed by atoms with Gasteiger partial charge in [0.25, 0.3) is 0 Å². The van der Waals surface area contributed by atoms with Crippen LogP contribution >= 0.6 is 11.8 Å². The highest BCUT2D eigenvalue weighted by Gasteiger charge is 2.17. The van der Waals surface area contributed by atoms with Crippen LogP contribution in [0.15, 0.2) is 12.2 Å². The predicted molar refractivity (Wildman–Crippen MR) is 82.7 cm³/mol. The van der Waals surface area contributed by atoms with Crippen molar-refractivity contribution in [3.8, 4) is 0 Å². The fourth-order valence-electron chi connectivity index (χ4n) is 1.31. The average Bonchev–Trinajstić information content (AvgIpc) is 2.43. The number of hydrogen-bond donors (Lipinski definition) is 0. The summed E-state index contributed by atoms with van der Waals surface area (Å²) >= 11 is 1.72. The van der Waals surface area contributed by atoms with Gasteiger partial charge in [0.2, 0.25) is 0 Å². The van der Waals surface area contributed by atoms with E-state index in [0.717, 1.165) is 17.9 Å². The topological polar surface area (TPSA) is 52.6 Å². The summed E-state index contributed by atoms with van der Waals surface area (Å²) in [5, 5.41) is 0. The second kappa shape index (κ2) is 10.8. The predicted octanol–water partition coefficient (Wildman–Crippen LogP) is 3.06.